The number of hydrogen-bond donors (Lipinski definition) is 0. The fourth-order valence-electron chi connectivity index (χ4n) is 2.47. The largest absolute Gasteiger partial charge is 0.461 e. The lowest BCUT2D eigenvalue weighted by molar-refractivity contribution is 0.0461. The number of thiazole rings is 1. The highest BCUT2D eigenvalue weighted by atomic mass is 32.1. The average Bonchev–Trinajstić information content (AvgIpc) is 3.16. The van der Waals surface area contributed by atoms with E-state index >= 15 is 0 Å². The van der Waals surface area contributed by atoms with Gasteiger partial charge in [-0.25, -0.2) is 19.3 Å². The summed E-state index contributed by atoms with van der Waals surface area (Å²) in [6.45, 7) is 3.95. The van der Waals surface area contributed by atoms with E-state index < -0.39 is 11.9 Å². The van der Waals surface area contributed by atoms with Crippen LogP contribution in [0.2, 0.25) is 0 Å². The highest BCUT2D eigenvalue weighted by molar-refractivity contribution is 7.11. The summed E-state index contributed by atoms with van der Waals surface area (Å²) in [7, 11) is 0. The molecule has 2 aromatic heterocycles. The topological polar surface area (TPSA) is 100 Å². The van der Waals surface area contributed by atoms with Crippen molar-refractivity contribution in [3.05, 3.63) is 56.4 Å². The van der Waals surface area contributed by atoms with Gasteiger partial charge in [-0.2, -0.15) is 5.10 Å². The Morgan fingerprint density at radius 1 is 1.11 bits per heavy atom. The minimum absolute atomic E-state index is 0.0629. The van der Waals surface area contributed by atoms with Crippen LogP contribution in [0.5, 0.6) is 0 Å². The first-order valence-corrected chi connectivity index (χ1v) is 9.21. The maximum atomic E-state index is 12.5. The summed E-state index contributed by atoms with van der Waals surface area (Å²) in [5, 5.41) is 6.79. The zero-order chi connectivity index (χ0) is 19.4. The molecule has 0 N–H and O–H groups in total. The molecule has 0 spiro atoms. The summed E-state index contributed by atoms with van der Waals surface area (Å²) in [6, 6.07) is 6.75. The summed E-state index contributed by atoms with van der Waals surface area (Å²) >= 11 is 1.12. The van der Waals surface area contributed by atoms with Gasteiger partial charge in [0.2, 0.25) is 5.01 Å². The van der Waals surface area contributed by atoms with Gasteiger partial charge in [0.25, 0.3) is 5.56 Å². The minimum Gasteiger partial charge on any atom is -0.461 e. The molecule has 0 bridgehead atoms. The van der Waals surface area contributed by atoms with Crippen molar-refractivity contribution in [2.45, 2.75) is 27.0 Å². The highest BCUT2D eigenvalue weighted by Crippen LogP contribution is 2.16. The van der Waals surface area contributed by atoms with E-state index in [0.717, 1.165) is 11.3 Å². The molecule has 140 valence electrons. The number of aryl methyl sites for hydroxylation is 1. The molecule has 8 nitrogen and oxygen atoms in total. The predicted octanol–water partition coefficient (Wildman–Crippen LogP) is 2.41. The van der Waals surface area contributed by atoms with Gasteiger partial charge in [0.1, 0.15) is 6.61 Å². The molecule has 3 rings (SSSR count). The van der Waals surface area contributed by atoms with Crippen LogP contribution in [0, 0.1) is 0 Å². The second-order valence-electron chi connectivity index (χ2n) is 5.46. The van der Waals surface area contributed by atoms with Crippen LogP contribution in [-0.4, -0.2) is 33.3 Å². The normalized spacial score (nSPS) is 10.7. The summed E-state index contributed by atoms with van der Waals surface area (Å²) in [5.74, 6) is -1.18. The quantitative estimate of drug-likeness (QED) is 0.599. The third-order valence-electron chi connectivity index (χ3n) is 3.71. The van der Waals surface area contributed by atoms with E-state index in [2.05, 4.69) is 10.1 Å². The van der Waals surface area contributed by atoms with E-state index in [1.54, 1.807) is 43.5 Å². The maximum absolute atomic E-state index is 12.5. The number of hydrogen-bond acceptors (Lipinski definition) is 8. The van der Waals surface area contributed by atoms with Crippen LogP contribution in [0.3, 0.4) is 0 Å². The highest BCUT2D eigenvalue weighted by Gasteiger charge is 2.19. The predicted molar refractivity (Wildman–Crippen MR) is 98.9 cm³/mol. The molecule has 27 heavy (non-hydrogen) atoms. The van der Waals surface area contributed by atoms with Crippen LogP contribution in [0.4, 0.5) is 0 Å². The molecule has 9 heteroatoms. The number of aromatic nitrogens is 3. The number of rotatable bonds is 6. The molecule has 0 radical (unpaired) electrons. The second kappa shape index (κ2) is 8.09. The Kier molecular flexibility index (Phi) is 5.60. The second-order valence-corrected chi connectivity index (χ2v) is 6.31. The Hall–Kier alpha value is -3.07. The van der Waals surface area contributed by atoms with Crippen molar-refractivity contribution in [3.8, 4) is 0 Å². The number of carbonyl (C=O) groups is 2. The van der Waals surface area contributed by atoms with E-state index in [4.69, 9.17) is 9.47 Å². The van der Waals surface area contributed by atoms with Crippen LogP contribution in [-0.2, 0) is 22.6 Å². The smallest absolute Gasteiger partial charge is 0.367 e. The molecular weight excluding hydrogens is 370 g/mol. The van der Waals surface area contributed by atoms with Gasteiger partial charge in [-0.1, -0.05) is 18.2 Å². The molecule has 0 aliphatic rings. The van der Waals surface area contributed by atoms with Crippen LogP contribution < -0.4 is 5.56 Å². The molecule has 0 fully saturated rings. The van der Waals surface area contributed by atoms with Gasteiger partial charge >= 0.3 is 11.9 Å². The number of ether oxygens (including phenoxy) is 2. The molecule has 0 atom stereocenters. The van der Waals surface area contributed by atoms with Crippen LogP contribution >= 0.6 is 11.3 Å². The fourth-order valence-corrected chi connectivity index (χ4v) is 3.16. The molecule has 0 saturated carbocycles. The van der Waals surface area contributed by atoms with Crippen molar-refractivity contribution >= 4 is 34.0 Å². The molecule has 0 unspecified atom stereocenters. The van der Waals surface area contributed by atoms with Crippen molar-refractivity contribution in [2.24, 2.45) is 0 Å². The third kappa shape index (κ3) is 3.87. The number of carbonyl (C=O) groups excluding carboxylic acids is 2. The minimum atomic E-state index is -0.668. The fraction of sp³-hybridized carbons (Fsp3) is 0.278. The number of benzene rings is 1. The lowest BCUT2D eigenvalue weighted by Crippen LogP contribution is -2.25. The van der Waals surface area contributed by atoms with Crippen molar-refractivity contribution < 1.29 is 19.1 Å². The first-order valence-electron chi connectivity index (χ1n) is 8.33. The zero-order valence-electron chi connectivity index (χ0n) is 14.8. The first kappa shape index (κ1) is 18.7. The molecule has 0 saturated heterocycles. The monoisotopic (exact) mass is 387 g/mol. The molecule has 0 aliphatic carbocycles. The third-order valence-corrected chi connectivity index (χ3v) is 4.58. The van der Waals surface area contributed by atoms with E-state index in [0.29, 0.717) is 23.0 Å². The average molecular weight is 387 g/mol. The van der Waals surface area contributed by atoms with Crippen molar-refractivity contribution in [1.29, 1.82) is 0 Å². The Balaban J connectivity index is 1.82. The van der Waals surface area contributed by atoms with E-state index in [1.165, 1.54) is 4.68 Å². The summed E-state index contributed by atoms with van der Waals surface area (Å²) in [4.78, 5) is 40.6. The van der Waals surface area contributed by atoms with Gasteiger partial charge in [-0.3, -0.25) is 4.79 Å². The molecule has 0 aliphatic heterocycles. The number of fused-ring (bicyclic) bond motifs is 1. The van der Waals surface area contributed by atoms with Gasteiger partial charge in [0.05, 0.1) is 17.7 Å². The Bertz CT molecular complexity index is 1060. The van der Waals surface area contributed by atoms with E-state index in [-0.39, 0.29) is 29.5 Å². The molecule has 1 aromatic carbocycles. The Labute approximate surface area is 158 Å². The van der Waals surface area contributed by atoms with Crippen molar-refractivity contribution in [1.82, 2.24) is 14.8 Å². The zero-order valence-corrected chi connectivity index (χ0v) is 15.6. The van der Waals surface area contributed by atoms with Gasteiger partial charge in [0.15, 0.2) is 5.69 Å². The first-order chi connectivity index (χ1) is 13.0. The lowest BCUT2D eigenvalue weighted by atomic mass is 10.1. The van der Waals surface area contributed by atoms with Gasteiger partial charge in [0, 0.05) is 17.3 Å². The van der Waals surface area contributed by atoms with Crippen LogP contribution in [0.15, 0.2) is 34.4 Å². The number of nitrogens with zero attached hydrogens (tertiary/aromatic N) is 3. The van der Waals surface area contributed by atoms with E-state index in [1.807, 2.05) is 0 Å². The Morgan fingerprint density at radius 3 is 2.56 bits per heavy atom. The maximum Gasteiger partial charge on any atom is 0.367 e. The standard InChI is InChI=1S/C18H17N3O5S/c1-3-21-16(22)13-8-6-5-7-12(13)14(20-21)17(23)26-9-11-10-27-15(19-11)18(24)25-4-2/h5-8,10H,3-4,9H2,1-2H3. The summed E-state index contributed by atoms with van der Waals surface area (Å²) in [5.41, 5.74) is 0.237. The Morgan fingerprint density at radius 2 is 1.85 bits per heavy atom. The van der Waals surface area contributed by atoms with Crippen LogP contribution in [0.25, 0.3) is 10.8 Å². The number of esters is 2. The molecular formula is C18H17N3O5S. The van der Waals surface area contributed by atoms with Gasteiger partial charge in [-0.15, -0.1) is 11.3 Å². The van der Waals surface area contributed by atoms with E-state index in [9.17, 15) is 14.4 Å². The van der Waals surface area contributed by atoms with Gasteiger partial charge < -0.3 is 9.47 Å². The van der Waals surface area contributed by atoms with Crippen molar-refractivity contribution in [2.75, 3.05) is 6.61 Å². The molecule has 0 amide bonds. The molecule has 2 heterocycles. The van der Waals surface area contributed by atoms with Crippen molar-refractivity contribution in [3.63, 3.8) is 0 Å². The molecule has 3 aromatic rings. The summed E-state index contributed by atoms with van der Waals surface area (Å²) < 4.78 is 11.4. The van der Waals surface area contributed by atoms with Crippen LogP contribution in [0.1, 0.15) is 39.8 Å². The lowest BCUT2D eigenvalue weighted by Gasteiger charge is -2.09. The van der Waals surface area contributed by atoms with Gasteiger partial charge in [-0.05, 0) is 19.9 Å². The SMILES string of the molecule is CCOC(=O)c1nc(COC(=O)c2nn(CC)c(=O)c3ccccc23)cs1. The summed E-state index contributed by atoms with van der Waals surface area (Å²) in [6.07, 6.45) is 0.